The first-order valence-electron chi connectivity index (χ1n) is 2.41. The molecule has 2 nitrogen and oxygen atoms in total. The Bertz CT molecular complexity index is 96.6. The first kappa shape index (κ1) is 4.62. The number of hydrogen-bond acceptors (Lipinski definition) is 1. The average molecular weight is 99.1 g/mol. The molecule has 0 atom stereocenters. The van der Waals surface area contributed by atoms with Gasteiger partial charge in [-0.05, 0) is 13.8 Å². The molecule has 0 bridgehead atoms. The van der Waals surface area contributed by atoms with Crippen LogP contribution < -0.4 is 5.32 Å². The zero-order valence-electron chi connectivity index (χ0n) is 4.62. The first-order valence-corrected chi connectivity index (χ1v) is 2.41. The van der Waals surface area contributed by atoms with Crippen molar-refractivity contribution < 1.29 is 4.79 Å². The van der Waals surface area contributed by atoms with E-state index in [4.69, 9.17) is 0 Å². The summed E-state index contributed by atoms with van der Waals surface area (Å²) in [6, 6.07) is 0. The van der Waals surface area contributed by atoms with Crippen LogP contribution in [0.15, 0.2) is 0 Å². The minimum Gasteiger partial charge on any atom is -0.351 e. The van der Waals surface area contributed by atoms with E-state index in [0.717, 1.165) is 0 Å². The molecule has 40 valence electrons. The van der Waals surface area contributed by atoms with Crippen LogP contribution in [0.2, 0.25) is 0 Å². The normalized spacial score (nSPS) is 25.7. The summed E-state index contributed by atoms with van der Waals surface area (Å²) >= 11 is 0. The number of amides is 1. The van der Waals surface area contributed by atoms with Crippen LogP contribution in [0.25, 0.3) is 0 Å². The van der Waals surface area contributed by atoms with Gasteiger partial charge in [-0.15, -0.1) is 0 Å². The second-order valence-corrected chi connectivity index (χ2v) is 2.61. The van der Waals surface area contributed by atoms with Crippen LogP contribution in [-0.4, -0.2) is 11.4 Å². The van der Waals surface area contributed by atoms with E-state index < -0.39 is 0 Å². The average Bonchev–Trinajstić information content (AvgIpc) is 1.27. The number of β-lactam (4-membered cyclic amide) rings is 1. The largest absolute Gasteiger partial charge is 0.351 e. The highest BCUT2D eigenvalue weighted by Gasteiger charge is 2.32. The van der Waals surface area contributed by atoms with Gasteiger partial charge in [-0.25, -0.2) is 0 Å². The van der Waals surface area contributed by atoms with Gasteiger partial charge in [0, 0.05) is 12.0 Å². The highest BCUT2D eigenvalue weighted by Crippen LogP contribution is 2.16. The number of nitrogens with one attached hydrogen (secondary N) is 1. The monoisotopic (exact) mass is 99.1 g/mol. The van der Waals surface area contributed by atoms with Gasteiger partial charge < -0.3 is 5.32 Å². The Hall–Kier alpha value is -0.530. The summed E-state index contributed by atoms with van der Waals surface area (Å²) in [5.74, 6) is 0.171. The van der Waals surface area contributed by atoms with Crippen LogP contribution in [0.3, 0.4) is 0 Å². The standard InChI is InChI=1S/C5H9NO/c1-5(2)3-4(7)6-5/h3H2,1-2H3,(H,6,7). The highest BCUT2D eigenvalue weighted by atomic mass is 16.2. The van der Waals surface area contributed by atoms with Crippen LogP contribution in [-0.2, 0) is 4.79 Å². The van der Waals surface area contributed by atoms with E-state index in [1.54, 1.807) is 0 Å². The summed E-state index contributed by atoms with van der Waals surface area (Å²) in [4.78, 5) is 10.2. The zero-order chi connectivity index (χ0) is 5.49. The Morgan fingerprint density at radius 3 is 2.14 bits per heavy atom. The van der Waals surface area contributed by atoms with Gasteiger partial charge in [0.1, 0.15) is 0 Å². The lowest BCUT2D eigenvalue weighted by atomic mass is 9.92. The van der Waals surface area contributed by atoms with Gasteiger partial charge in [-0.2, -0.15) is 0 Å². The highest BCUT2D eigenvalue weighted by molar-refractivity contribution is 5.84. The molecule has 1 amide bonds. The molecule has 1 rings (SSSR count). The van der Waals surface area contributed by atoms with E-state index in [9.17, 15) is 4.79 Å². The van der Waals surface area contributed by atoms with Crippen molar-refractivity contribution in [1.29, 1.82) is 0 Å². The molecule has 0 aromatic carbocycles. The maximum absolute atomic E-state index is 10.2. The maximum atomic E-state index is 10.2. The molecule has 0 spiro atoms. The Kier molecular flexibility index (Phi) is 0.659. The molecule has 0 unspecified atom stereocenters. The van der Waals surface area contributed by atoms with Crippen LogP contribution in [0, 0.1) is 0 Å². The third-order valence-corrected chi connectivity index (χ3v) is 1.08. The van der Waals surface area contributed by atoms with Crippen molar-refractivity contribution >= 4 is 5.91 Å². The summed E-state index contributed by atoms with van der Waals surface area (Å²) in [6.07, 6.45) is 0.688. The zero-order valence-corrected chi connectivity index (χ0v) is 4.62. The Balaban J connectivity index is 2.43. The van der Waals surface area contributed by atoms with E-state index in [2.05, 4.69) is 5.32 Å². The minimum absolute atomic E-state index is 0.0943. The van der Waals surface area contributed by atoms with Crippen molar-refractivity contribution in [3.63, 3.8) is 0 Å². The summed E-state index contributed by atoms with van der Waals surface area (Å²) in [7, 11) is 0. The summed E-state index contributed by atoms with van der Waals surface area (Å²) in [6.45, 7) is 4.02. The molecule has 1 N–H and O–H groups in total. The van der Waals surface area contributed by atoms with Crippen LogP contribution in [0.5, 0.6) is 0 Å². The third-order valence-electron chi connectivity index (χ3n) is 1.08. The lowest BCUT2D eigenvalue weighted by Gasteiger charge is -2.34. The molecule has 1 saturated heterocycles. The van der Waals surface area contributed by atoms with Gasteiger partial charge in [0.15, 0.2) is 0 Å². The maximum Gasteiger partial charge on any atom is 0.222 e. The fourth-order valence-electron chi connectivity index (χ4n) is 0.761. The number of carbonyl (C=O) groups is 1. The molecule has 1 aliphatic heterocycles. The Morgan fingerprint density at radius 1 is 1.71 bits per heavy atom. The first-order chi connectivity index (χ1) is 3.10. The SMILES string of the molecule is CC1(C)CC(=O)N1. The molecule has 0 aromatic heterocycles. The van der Waals surface area contributed by atoms with E-state index >= 15 is 0 Å². The molecular formula is C5H9NO. The van der Waals surface area contributed by atoms with Crippen LogP contribution in [0.1, 0.15) is 20.3 Å². The number of rotatable bonds is 0. The molecule has 0 aromatic rings. The fraction of sp³-hybridized carbons (Fsp3) is 0.800. The van der Waals surface area contributed by atoms with Crippen LogP contribution in [0.4, 0.5) is 0 Å². The molecule has 0 aliphatic carbocycles. The molecule has 0 radical (unpaired) electrons. The summed E-state index contributed by atoms with van der Waals surface area (Å²) in [5.41, 5.74) is 0.0943. The van der Waals surface area contributed by atoms with Gasteiger partial charge in [-0.1, -0.05) is 0 Å². The van der Waals surface area contributed by atoms with Gasteiger partial charge in [0.25, 0.3) is 0 Å². The van der Waals surface area contributed by atoms with Crippen molar-refractivity contribution in [2.75, 3.05) is 0 Å². The predicted octanol–water partition coefficient (Wildman–Crippen LogP) is 0.285. The van der Waals surface area contributed by atoms with E-state index in [1.165, 1.54) is 0 Å². The molecule has 1 heterocycles. The van der Waals surface area contributed by atoms with Gasteiger partial charge in [0.05, 0.1) is 0 Å². The van der Waals surface area contributed by atoms with Crippen LogP contribution >= 0.6 is 0 Å². The molecule has 2 heteroatoms. The quantitative estimate of drug-likeness (QED) is 0.434. The minimum atomic E-state index is 0.0943. The fourth-order valence-corrected chi connectivity index (χ4v) is 0.761. The topological polar surface area (TPSA) is 29.1 Å². The molecule has 1 aliphatic rings. The number of hydrogen-bond donors (Lipinski definition) is 1. The number of carbonyl (C=O) groups excluding carboxylic acids is 1. The van der Waals surface area contributed by atoms with Crippen molar-refractivity contribution in [3.05, 3.63) is 0 Å². The molecular weight excluding hydrogens is 90.1 g/mol. The second-order valence-electron chi connectivity index (χ2n) is 2.61. The molecule has 0 saturated carbocycles. The summed E-state index contributed by atoms with van der Waals surface area (Å²) < 4.78 is 0. The third kappa shape index (κ3) is 0.734. The Morgan fingerprint density at radius 2 is 2.14 bits per heavy atom. The Labute approximate surface area is 42.9 Å². The smallest absolute Gasteiger partial charge is 0.222 e. The van der Waals surface area contributed by atoms with Gasteiger partial charge in [0.2, 0.25) is 5.91 Å². The van der Waals surface area contributed by atoms with Crippen molar-refractivity contribution in [3.8, 4) is 0 Å². The molecule has 1 fully saturated rings. The van der Waals surface area contributed by atoms with Crippen molar-refractivity contribution in [2.24, 2.45) is 0 Å². The predicted molar refractivity (Wildman–Crippen MR) is 26.8 cm³/mol. The van der Waals surface area contributed by atoms with Crippen molar-refractivity contribution in [2.45, 2.75) is 25.8 Å². The van der Waals surface area contributed by atoms with E-state index in [1.807, 2.05) is 13.8 Å². The lowest BCUT2D eigenvalue weighted by molar-refractivity contribution is -0.131. The van der Waals surface area contributed by atoms with Crippen molar-refractivity contribution in [1.82, 2.24) is 5.32 Å². The van der Waals surface area contributed by atoms with E-state index in [-0.39, 0.29) is 11.4 Å². The molecule has 7 heavy (non-hydrogen) atoms. The van der Waals surface area contributed by atoms with E-state index in [0.29, 0.717) is 6.42 Å². The van der Waals surface area contributed by atoms with Gasteiger partial charge >= 0.3 is 0 Å². The summed E-state index contributed by atoms with van der Waals surface area (Å²) in [5, 5.41) is 2.74. The second kappa shape index (κ2) is 0.997. The lowest BCUT2D eigenvalue weighted by Crippen LogP contribution is -2.56. The van der Waals surface area contributed by atoms with Gasteiger partial charge in [-0.3, -0.25) is 4.79 Å².